The number of carbonyl (C=O) groups excluding carboxylic acids is 2. The number of hydrogen-bond donors (Lipinski definition) is 0. The molecule has 7 aromatic rings. The summed E-state index contributed by atoms with van der Waals surface area (Å²) < 4.78 is 19.0. The van der Waals surface area contributed by atoms with Gasteiger partial charge >= 0.3 is 0 Å². The van der Waals surface area contributed by atoms with E-state index in [1.54, 1.807) is 50.2 Å². The van der Waals surface area contributed by atoms with Gasteiger partial charge in [-0.1, -0.05) is 107 Å². The number of halogens is 2. The first-order valence-corrected chi connectivity index (χ1v) is 21.2. The van der Waals surface area contributed by atoms with Gasteiger partial charge in [-0.15, -0.1) is 5.06 Å². The molecular formula is C50H44Cl2N4O6. The number of ether oxygens (including phenoxy) is 2. The van der Waals surface area contributed by atoms with Crippen molar-refractivity contribution in [3.8, 4) is 22.8 Å². The van der Waals surface area contributed by atoms with Crippen molar-refractivity contribution in [1.82, 2.24) is 19.7 Å². The maximum atomic E-state index is 16.0. The minimum absolute atomic E-state index is 0.241. The zero-order chi connectivity index (χ0) is 43.1. The zero-order valence-electron chi connectivity index (χ0n) is 34.7. The lowest BCUT2D eigenvalue weighted by atomic mass is 9.83. The van der Waals surface area contributed by atoms with Crippen molar-refractivity contribution < 1.29 is 28.4 Å². The Hall–Kier alpha value is -6.33. The highest BCUT2D eigenvalue weighted by molar-refractivity contribution is 6.33. The standard InChI is InChI=1S/C50H44Cl2N4O6/c1-30-44(46(53-61-30)38-18-5-8-20-41(38)51)50(58)55-24-23-37(40-29-54(43-22-10-7-17-36(40)43)27-32-13-11-15-34(25-32)59-3)48(55)49(57)45-31(2)62-56(28-33-14-12-16-35(26-33)60-4)47(45)39-19-6-9-21-42(39)52/h5-22,25-26,29,37,47-48H,23-24,27-28H2,1-4H3. The summed E-state index contributed by atoms with van der Waals surface area (Å²) in [5.41, 5.74) is 6.21. The van der Waals surface area contributed by atoms with Crippen LogP contribution in [0.4, 0.5) is 0 Å². The Morgan fingerprint density at radius 2 is 1.44 bits per heavy atom. The Balaban J connectivity index is 1.18. The first kappa shape index (κ1) is 41.0. The normalized spacial score (nSPS) is 17.8. The molecule has 0 spiro atoms. The molecule has 5 aromatic carbocycles. The van der Waals surface area contributed by atoms with E-state index < -0.39 is 18.0 Å². The molecule has 0 saturated carbocycles. The van der Waals surface area contributed by atoms with Crippen LogP contribution in [0.15, 0.2) is 143 Å². The van der Waals surface area contributed by atoms with Crippen LogP contribution >= 0.6 is 23.2 Å². The zero-order valence-corrected chi connectivity index (χ0v) is 36.2. The smallest absolute Gasteiger partial charge is 0.260 e. The van der Waals surface area contributed by atoms with Gasteiger partial charge in [-0.2, -0.15) is 0 Å². The maximum absolute atomic E-state index is 16.0. The number of benzene rings is 5. The number of likely N-dealkylation sites (tertiary alicyclic amines) is 1. The molecule has 2 aromatic heterocycles. The van der Waals surface area contributed by atoms with E-state index in [0.717, 1.165) is 33.3 Å². The predicted molar refractivity (Wildman–Crippen MR) is 239 cm³/mol. The van der Waals surface area contributed by atoms with E-state index in [9.17, 15) is 0 Å². The maximum Gasteiger partial charge on any atom is 0.260 e. The number of ketones is 1. The highest BCUT2D eigenvalue weighted by atomic mass is 35.5. The van der Waals surface area contributed by atoms with Crippen LogP contribution in [0.2, 0.25) is 10.0 Å². The first-order chi connectivity index (χ1) is 30.1. The average Bonchev–Trinajstić information content (AvgIpc) is 4.07. The van der Waals surface area contributed by atoms with Gasteiger partial charge in [0.05, 0.1) is 31.4 Å². The summed E-state index contributed by atoms with van der Waals surface area (Å²) in [6.07, 6.45) is 2.65. The van der Waals surface area contributed by atoms with Gasteiger partial charge in [0.1, 0.15) is 46.4 Å². The molecule has 1 amide bonds. The number of para-hydroxylation sites is 1. The summed E-state index contributed by atoms with van der Waals surface area (Å²) in [4.78, 5) is 39.6. The molecule has 0 N–H and O–H groups in total. The number of aromatic nitrogens is 2. The van der Waals surface area contributed by atoms with Crippen LogP contribution in [0.5, 0.6) is 11.5 Å². The van der Waals surface area contributed by atoms with Crippen LogP contribution in [0, 0.1) is 6.92 Å². The third-order valence-electron chi connectivity index (χ3n) is 12.0. The Bertz CT molecular complexity index is 2870. The lowest BCUT2D eigenvalue weighted by Crippen LogP contribution is -2.44. The quantitative estimate of drug-likeness (QED) is 0.120. The monoisotopic (exact) mass is 866 g/mol. The number of aryl methyl sites for hydroxylation is 1. The fourth-order valence-corrected chi connectivity index (χ4v) is 9.57. The molecule has 12 heteroatoms. The number of allylic oxidation sites excluding steroid dienone is 1. The highest BCUT2D eigenvalue weighted by Gasteiger charge is 2.50. The topological polar surface area (TPSA) is 99.3 Å². The summed E-state index contributed by atoms with van der Waals surface area (Å²) in [5.74, 6) is 1.20. The molecule has 62 heavy (non-hydrogen) atoms. The molecule has 10 nitrogen and oxygen atoms in total. The van der Waals surface area contributed by atoms with Crippen LogP contribution in [0.25, 0.3) is 22.2 Å². The van der Waals surface area contributed by atoms with Crippen molar-refractivity contribution >= 4 is 45.8 Å². The number of carbonyl (C=O) groups is 2. The Kier molecular flexibility index (Phi) is 11.4. The Morgan fingerprint density at radius 3 is 2.15 bits per heavy atom. The second-order valence-electron chi connectivity index (χ2n) is 15.6. The third kappa shape index (κ3) is 7.52. The first-order valence-electron chi connectivity index (χ1n) is 20.4. The molecule has 4 heterocycles. The minimum atomic E-state index is -0.956. The number of methoxy groups -OCH3 is 2. The minimum Gasteiger partial charge on any atom is -0.497 e. The van der Waals surface area contributed by atoms with E-state index in [-0.39, 0.29) is 17.3 Å². The largest absolute Gasteiger partial charge is 0.497 e. The van der Waals surface area contributed by atoms with Crippen LogP contribution in [0.1, 0.15) is 63.7 Å². The van der Waals surface area contributed by atoms with Gasteiger partial charge in [0.15, 0.2) is 5.78 Å². The summed E-state index contributed by atoms with van der Waals surface area (Å²) in [6, 6.07) is 36.9. The number of hydrogen-bond acceptors (Lipinski definition) is 8. The van der Waals surface area contributed by atoms with Gasteiger partial charge in [0, 0.05) is 46.7 Å². The van der Waals surface area contributed by atoms with Crippen molar-refractivity contribution in [2.75, 3.05) is 20.8 Å². The fraction of sp³-hybridized carbons (Fsp3) is 0.220. The van der Waals surface area contributed by atoms with Crippen molar-refractivity contribution in [2.24, 2.45) is 0 Å². The van der Waals surface area contributed by atoms with E-state index in [1.165, 1.54) is 0 Å². The van der Waals surface area contributed by atoms with E-state index in [2.05, 4.69) is 34.1 Å². The number of fused-ring (bicyclic) bond motifs is 1. The van der Waals surface area contributed by atoms with Crippen LogP contribution < -0.4 is 9.47 Å². The van der Waals surface area contributed by atoms with Gasteiger partial charge in [0.25, 0.3) is 5.91 Å². The second kappa shape index (κ2) is 17.2. The second-order valence-corrected chi connectivity index (χ2v) is 16.5. The lowest BCUT2D eigenvalue weighted by Gasteiger charge is -2.30. The molecule has 3 unspecified atom stereocenters. The van der Waals surface area contributed by atoms with Gasteiger partial charge < -0.3 is 28.3 Å². The van der Waals surface area contributed by atoms with Crippen LogP contribution in [-0.2, 0) is 22.7 Å². The number of hydroxylamine groups is 2. The van der Waals surface area contributed by atoms with Gasteiger partial charge in [-0.25, -0.2) is 0 Å². The summed E-state index contributed by atoms with van der Waals surface area (Å²) in [6.45, 7) is 4.69. The van der Waals surface area contributed by atoms with E-state index in [0.29, 0.717) is 75.8 Å². The molecule has 1 fully saturated rings. The Morgan fingerprint density at radius 1 is 0.774 bits per heavy atom. The molecule has 0 radical (unpaired) electrons. The summed E-state index contributed by atoms with van der Waals surface area (Å²) in [7, 11) is 3.28. The Labute approximate surface area is 369 Å². The van der Waals surface area contributed by atoms with E-state index in [1.807, 2.05) is 91.0 Å². The molecule has 2 aliphatic heterocycles. The number of Topliss-reactive ketones (excluding diaryl/α,β-unsaturated/α-hetero) is 1. The van der Waals surface area contributed by atoms with Crippen molar-refractivity contribution in [3.05, 3.63) is 182 Å². The number of rotatable bonds is 12. The third-order valence-corrected chi connectivity index (χ3v) is 12.6. The SMILES string of the molecule is COc1cccc(CN2OC(C)=C(C(=O)C3C(c4cn(Cc5cccc(OC)c5)c5ccccc45)CCN3C(=O)c3c(-c4ccccc4Cl)noc3C)C2c2ccccc2Cl)c1. The number of amides is 1. The van der Waals surface area contributed by atoms with Gasteiger partial charge in [-0.3, -0.25) is 9.59 Å². The van der Waals surface area contributed by atoms with Crippen molar-refractivity contribution in [2.45, 2.75) is 51.4 Å². The van der Waals surface area contributed by atoms with Crippen molar-refractivity contribution in [1.29, 1.82) is 0 Å². The van der Waals surface area contributed by atoms with E-state index in [4.69, 9.17) is 42.0 Å². The van der Waals surface area contributed by atoms with Gasteiger partial charge in [0.2, 0.25) is 0 Å². The number of nitrogens with zero attached hydrogens (tertiary/aromatic N) is 4. The molecule has 1 saturated heterocycles. The predicted octanol–water partition coefficient (Wildman–Crippen LogP) is 11.0. The molecule has 0 bridgehead atoms. The molecule has 3 atom stereocenters. The van der Waals surface area contributed by atoms with Crippen LogP contribution in [0.3, 0.4) is 0 Å². The van der Waals surface area contributed by atoms with Crippen molar-refractivity contribution in [3.63, 3.8) is 0 Å². The fourth-order valence-electron chi connectivity index (χ4n) is 9.11. The van der Waals surface area contributed by atoms with Gasteiger partial charge in [-0.05, 0) is 85.0 Å². The average molecular weight is 868 g/mol. The van der Waals surface area contributed by atoms with Crippen LogP contribution in [-0.4, -0.2) is 58.2 Å². The molecule has 314 valence electrons. The highest BCUT2D eigenvalue weighted by Crippen LogP contribution is 2.47. The van der Waals surface area contributed by atoms with E-state index >= 15 is 9.59 Å². The lowest BCUT2D eigenvalue weighted by molar-refractivity contribution is -0.130. The molecule has 2 aliphatic rings. The molecule has 0 aliphatic carbocycles. The summed E-state index contributed by atoms with van der Waals surface area (Å²) in [5, 5.41) is 8.03. The summed E-state index contributed by atoms with van der Waals surface area (Å²) >= 11 is 13.7. The molecule has 9 rings (SSSR count). The molecular weight excluding hydrogens is 823 g/mol.